The summed E-state index contributed by atoms with van der Waals surface area (Å²) in [5.41, 5.74) is 7.87. The Bertz CT molecular complexity index is 769. The molecule has 0 spiro atoms. The monoisotopic (exact) mass is 286 g/mol. The Morgan fingerprint density at radius 3 is 2.52 bits per heavy atom. The second-order valence-electron chi connectivity index (χ2n) is 6.22. The molecule has 2 aliphatic rings. The van der Waals surface area contributed by atoms with Gasteiger partial charge in [0.2, 0.25) is 0 Å². The van der Waals surface area contributed by atoms with Crippen molar-refractivity contribution in [2.75, 3.05) is 0 Å². The molecule has 0 heterocycles. The molecule has 102 valence electrons. The van der Waals surface area contributed by atoms with Crippen molar-refractivity contribution in [3.8, 4) is 0 Å². The lowest BCUT2D eigenvalue weighted by Crippen LogP contribution is -2.30. The van der Waals surface area contributed by atoms with Gasteiger partial charge in [-0.3, -0.25) is 0 Å². The van der Waals surface area contributed by atoms with Gasteiger partial charge in [-0.25, -0.2) is 0 Å². The molecular weight excluding hydrogens is 268 g/mol. The van der Waals surface area contributed by atoms with Gasteiger partial charge in [-0.1, -0.05) is 79.3 Å². The van der Waals surface area contributed by atoms with Gasteiger partial charge in [0.05, 0.1) is 9.52 Å². The summed E-state index contributed by atoms with van der Waals surface area (Å²) in [4.78, 5) is 0. The Hall–Kier alpha value is -1.86. The topological polar surface area (TPSA) is 0 Å². The molecule has 2 atom stereocenters. The molecule has 21 heavy (non-hydrogen) atoms. The molecular formula is C20H18Si. The largest absolute Gasteiger partial charge is 0.0769 e. The lowest BCUT2D eigenvalue weighted by Gasteiger charge is -2.28. The molecule has 0 nitrogen and oxygen atoms in total. The first-order valence-electron chi connectivity index (χ1n) is 7.51. The van der Waals surface area contributed by atoms with Crippen LogP contribution in [-0.2, 0) is 5.04 Å². The third-order valence-electron chi connectivity index (χ3n) is 4.71. The van der Waals surface area contributed by atoms with Crippen molar-refractivity contribution in [2.45, 2.75) is 24.4 Å². The van der Waals surface area contributed by atoms with Crippen LogP contribution in [0.25, 0.3) is 12.2 Å². The first-order valence-corrected chi connectivity index (χ1v) is 8.59. The summed E-state index contributed by atoms with van der Waals surface area (Å²) in [6, 6.07) is 17.7. The van der Waals surface area contributed by atoms with E-state index in [0.717, 1.165) is 9.52 Å². The van der Waals surface area contributed by atoms with Crippen molar-refractivity contribution in [3.63, 3.8) is 0 Å². The Morgan fingerprint density at radius 2 is 1.67 bits per heavy atom. The highest BCUT2D eigenvalue weighted by atomic mass is 28.2. The van der Waals surface area contributed by atoms with Crippen molar-refractivity contribution in [3.05, 3.63) is 82.4 Å². The SMILES string of the molecule is CC1=Cc2ccccc2C1[Si]C1(C)C=Cc2ccccc21. The Kier molecular flexibility index (Phi) is 2.80. The fourth-order valence-electron chi connectivity index (χ4n) is 3.56. The van der Waals surface area contributed by atoms with Crippen LogP contribution in [0.3, 0.4) is 0 Å². The number of hydrogen-bond acceptors (Lipinski definition) is 0. The second kappa shape index (κ2) is 4.57. The minimum absolute atomic E-state index is 0.174. The van der Waals surface area contributed by atoms with E-state index in [-0.39, 0.29) is 5.04 Å². The minimum atomic E-state index is 0.174. The molecule has 2 aliphatic carbocycles. The summed E-state index contributed by atoms with van der Waals surface area (Å²) < 4.78 is 0. The van der Waals surface area contributed by atoms with Gasteiger partial charge in [-0.2, -0.15) is 0 Å². The molecule has 1 heteroatoms. The summed E-state index contributed by atoms with van der Waals surface area (Å²) in [7, 11) is 0.852. The van der Waals surface area contributed by atoms with Crippen molar-refractivity contribution >= 4 is 21.7 Å². The van der Waals surface area contributed by atoms with Gasteiger partial charge in [0.25, 0.3) is 0 Å². The lowest BCUT2D eigenvalue weighted by molar-refractivity contribution is 0.840. The van der Waals surface area contributed by atoms with Gasteiger partial charge in [0, 0.05) is 5.04 Å². The maximum absolute atomic E-state index is 2.41. The smallest absolute Gasteiger partial charge is 0.0714 e. The van der Waals surface area contributed by atoms with E-state index >= 15 is 0 Å². The predicted octanol–water partition coefficient (Wildman–Crippen LogP) is 4.79. The molecule has 2 aromatic carbocycles. The molecule has 0 bridgehead atoms. The number of benzene rings is 2. The van der Waals surface area contributed by atoms with Gasteiger partial charge in [-0.15, -0.1) is 0 Å². The summed E-state index contributed by atoms with van der Waals surface area (Å²) in [6.45, 7) is 4.67. The second-order valence-corrected chi connectivity index (χ2v) is 8.12. The molecule has 2 aromatic rings. The summed E-state index contributed by atoms with van der Waals surface area (Å²) in [5.74, 6) is 0. The lowest BCUT2D eigenvalue weighted by atomic mass is 10.0. The highest BCUT2D eigenvalue weighted by Crippen LogP contribution is 2.42. The molecule has 0 aliphatic heterocycles. The maximum atomic E-state index is 2.41. The molecule has 0 saturated heterocycles. The minimum Gasteiger partial charge on any atom is -0.0769 e. The number of allylic oxidation sites excluding steroid dienone is 2. The van der Waals surface area contributed by atoms with E-state index in [1.165, 1.54) is 27.8 Å². The van der Waals surface area contributed by atoms with Crippen LogP contribution in [-0.4, -0.2) is 9.52 Å². The molecule has 0 amide bonds. The molecule has 2 unspecified atom stereocenters. The molecule has 0 aromatic heterocycles. The standard InChI is InChI=1S/C20H18Si/c1-14-13-16-8-3-5-9-17(16)19(14)21-20(2)12-11-15-7-4-6-10-18(15)20/h3-13,19H,1-2H3. The summed E-state index contributed by atoms with van der Waals surface area (Å²) >= 11 is 0. The first kappa shape index (κ1) is 12.8. The first-order chi connectivity index (χ1) is 10.2. The van der Waals surface area contributed by atoms with E-state index in [1.807, 2.05) is 0 Å². The van der Waals surface area contributed by atoms with E-state index in [4.69, 9.17) is 0 Å². The Labute approximate surface area is 129 Å². The average Bonchev–Trinajstić information content (AvgIpc) is 2.99. The van der Waals surface area contributed by atoms with Crippen molar-refractivity contribution in [2.24, 2.45) is 0 Å². The van der Waals surface area contributed by atoms with Crippen LogP contribution >= 0.6 is 0 Å². The van der Waals surface area contributed by atoms with E-state index < -0.39 is 0 Å². The van der Waals surface area contributed by atoms with Crippen molar-refractivity contribution < 1.29 is 0 Å². The molecule has 0 N–H and O–H groups in total. The van der Waals surface area contributed by atoms with E-state index in [0.29, 0.717) is 5.54 Å². The fraction of sp³-hybridized carbons (Fsp3) is 0.200. The van der Waals surface area contributed by atoms with Crippen LogP contribution in [0.2, 0.25) is 0 Å². The zero-order valence-corrected chi connectivity index (χ0v) is 13.4. The molecule has 0 fully saturated rings. The van der Waals surface area contributed by atoms with Crippen LogP contribution in [0.5, 0.6) is 0 Å². The van der Waals surface area contributed by atoms with Crippen LogP contribution in [0.4, 0.5) is 0 Å². The molecule has 2 radical (unpaired) electrons. The van der Waals surface area contributed by atoms with Crippen molar-refractivity contribution in [1.29, 1.82) is 0 Å². The van der Waals surface area contributed by atoms with Crippen LogP contribution in [0, 0.1) is 0 Å². The zero-order chi connectivity index (χ0) is 14.4. The van der Waals surface area contributed by atoms with Gasteiger partial charge < -0.3 is 0 Å². The van der Waals surface area contributed by atoms with Crippen LogP contribution in [0.1, 0.15) is 41.6 Å². The number of fused-ring (bicyclic) bond motifs is 2. The van der Waals surface area contributed by atoms with E-state index in [2.05, 4.69) is 80.6 Å². The van der Waals surface area contributed by atoms with E-state index in [9.17, 15) is 0 Å². The quantitative estimate of drug-likeness (QED) is 0.696. The van der Waals surface area contributed by atoms with Gasteiger partial charge >= 0.3 is 0 Å². The fourth-order valence-corrected chi connectivity index (χ4v) is 5.45. The predicted molar refractivity (Wildman–Crippen MR) is 91.4 cm³/mol. The molecule has 0 saturated carbocycles. The summed E-state index contributed by atoms with van der Waals surface area (Å²) in [6.07, 6.45) is 7.06. The van der Waals surface area contributed by atoms with E-state index in [1.54, 1.807) is 0 Å². The third-order valence-corrected chi connectivity index (χ3v) is 6.80. The maximum Gasteiger partial charge on any atom is 0.0714 e. The zero-order valence-electron chi connectivity index (χ0n) is 12.4. The number of hydrogen-bond donors (Lipinski definition) is 0. The third kappa shape index (κ3) is 1.96. The normalized spacial score (nSPS) is 25.6. The highest BCUT2D eigenvalue weighted by Gasteiger charge is 2.36. The highest BCUT2D eigenvalue weighted by molar-refractivity contribution is 6.45. The Balaban J connectivity index is 1.72. The van der Waals surface area contributed by atoms with Crippen LogP contribution in [0.15, 0.2) is 60.2 Å². The Morgan fingerprint density at radius 1 is 0.952 bits per heavy atom. The van der Waals surface area contributed by atoms with Gasteiger partial charge in [-0.05, 0) is 34.7 Å². The summed E-state index contributed by atoms with van der Waals surface area (Å²) in [5, 5.41) is 0.174. The number of rotatable bonds is 2. The van der Waals surface area contributed by atoms with Gasteiger partial charge in [0.15, 0.2) is 0 Å². The van der Waals surface area contributed by atoms with Crippen LogP contribution < -0.4 is 0 Å². The van der Waals surface area contributed by atoms with Crippen molar-refractivity contribution in [1.82, 2.24) is 0 Å². The van der Waals surface area contributed by atoms with Gasteiger partial charge in [0.1, 0.15) is 0 Å². The average molecular weight is 286 g/mol. The molecule has 4 rings (SSSR count).